The van der Waals surface area contributed by atoms with Crippen LogP contribution in [0.5, 0.6) is 0 Å². The Balaban J connectivity index is 1.49. The molecule has 6 heteroatoms. The van der Waals surface area contributed by atoms with Crippen molar-refractivity contribution >= 4 is 11.6 Å². The maximum absolute atomic E-state index is 12.0. The summed E-state index contributed by atoms with van der Waals surface area (Å²) in [5.41, 5.74) is 2.21. The predicted molar refractivity (Wildman–Crippen MR) is 87.1 cm³/mol. The smallest absolute Gasteiger partial charge is 0.269 e. The van der Waals surface area contributed by atoms with E-state index in [4.69, 9.17) is 4.74 Å². The van der Waals surface area contributed by atoms with Crippen molar-refractivity contribution in [3.63, 3.8) is 0 Å². The highest BCUT2D eigenvalue weighted by atomic mass is 16.5. The number of carbonyl (C=O) groups excluding carboxylic acids is 1. The zero-order valence-corrected chi connectivity index (χ0v) is 12.9. The molecule has 6 nitrogen and oxygen atoms in total. The molecule has 2 N–H and O–H groups in total. The van der Waals surface area contributed by atoms with Crippen LogP contribution in [0.2, 0.25) is 0 Å². The zero-order valence-electron chi connectivity index (χ0n) is 12.9. The van der Waals surface area contributed by atoms with Crippen molar-refractivity contribution in [2.24, 2.45) is 0 Å². The molecular weight excluding hydrogens is 292 g/mol. The van der Waals surface area contributed by atoms with E-state index in [1.54, 1.807) is 18.5 Å². The Labute approximate surface area is 135 Å². The molecule has 1 unspecified atom stereocenters. The van der Waals surface area contributed by atoms with E-state index >= 15 is 0 Å². The largest absolute Gasteiger partial charge is 0.378 e. The molecule has 1 saturated heterocycles. The molecule has 120 valence electrons. The minimum absolute atomic E-state index is 0.137. The molecule has 0 saturated carbocycles. The van der Waals surface area contributed by atoms with E-state index in [-0.39, 0.29) is 12.0 Å². The van der Waals surface area contributed by atoms with E-state index in [0.29, 0.717) is 18.8 Å². The number of carbonyl (C=O) groups is 1. The molecule has 3 rings (SSSR count). The molecule has 1 amide bonds. The number of nitrogens with one attached hydrogen (secondary N) is 2. The molecule has 2 aromatic rings. The molecule has 0 aromatic carbocycles. The van der Waals surface area contributed by atoms with E-state index in [2.05, 4.69) is 20.6 Å². The quantitative estimate of drug-likeness (QED) is 0.853. The van der Waals surface area contributed by atoms with Gasteiger partial charge < -0.3 is 15.4 Å². The van der Waals surface area contributed by atoms with Gasteiger partial charge in [-0.3, -0.25) is 9.78 Å². The number of hydrogen-bond acceptors (Lipinski definition) is 5. The highest BCUT2D eigenvalue weighted by Gasteiger charge is 2.17. The number of anilines is 1. The number of rotatable bonds is 6. The van der Waals surface area contributed by atoms with Gasteiger partial charge in [-0.25, -0.2) is 4.98 Å². The molecule has 0 bridgehead atoms. The summed E-state index contributed by atoms with van der Waals surface area (Å²) in [4.78, 5) is 20.5. The van der Waals surface area contributed by atoms with E-state index < -0.39 is 0 Å². The zero-order chi connectivity index (χ0) is 15.9. The molecule has 1 atom stereocenters. The summed E-state index contributed by atoms with van der Waals surface area (Å²) in [6.45, 7) is 1.95. The molecule has 23 heavy (non-hydrogen) atoms. The first-order valence-corrected chi connectivity index (χ1v) is 7.81. The lowest BCUT2D eigenvalue weighted by Crippen LogP contribution is -2.32. The van der Waals surface area contributed by atoms with Crippen LogP contribution in [-0.2, 0) is 11.3 Å². The molecule has 0 aliphatic carbocycles. The first kappa shape index (κ1) is 15.4. The predicted octanol–water partition coefficient (Wildman–Crippen LogP) is 2.00. The third-order valence-electron chi connectivity index (χ3n) is 3.71. The first-order valence-electron chi connectivity index (χ1n) is 7.81. The first-order chi connectivity index (χ1) is 11.3. The maximum Gasteiger partial charge on any atom is 0.269 e. The van der Waals surface area contributed by atoms with Crippen LogP contribution in [0.1, 0.15) is 29.0 Å². The van der Waals surface area contributed by atoms with Crippen molar-refractivity contribution in [2.45, 2.75) is 25.5 Å². The Morgan fingerprint density at radius 3 is 2.91 bits per heavy atom. The number of nitrogens with zero attached hydrogens (tertiary/aromatic N) is 2. The average molecular weight is 312 g/mol. The van der Waals surface area contributed by atoms with E-state index in [1.807, 2.05) is 24.3 Å². The summed E-state index contributed by atoms with van der Waals surface area (Å²) in [6, 6.07) is 9.34. The van der Waals surface area contributed by atoms with Gasteiger partial charge in [0.25, 0.3) is 5.91 Å². The molecule has 0 radical (unpaired) electrons. The van der Waals surface area contributed by atoms with Gasteiger partial charge >= 0.3 is 0 Å². The van der Waals surface area contributed by atoms with Crippen LogP contribution in [-0.4, -0.2) is 35.1 Å². The fraction of sp³-hybridized carbons (Fsp3) is 0.353. The third kappa shape index (κ3) is 4.50. The van der Waals surface area contributed by atoms with Gasteiger partial charge in [0.15, 0.2) is 0 Å². The fourth-order valence-corrected chi connectivity index (χ4v) is 2.43. The van der Waals surface area contributed by atoms with Gasteiger partial charge in [0.05, 0.1) is 30.2 Å². The third-order valence-corrected chi connectivity index (χ3v) is 3.71. The van der Waals surface area contributed by atoms with E-state index in [9.17, 15) is 4.79 Å². The normalized spacial score (nSPS) is 17.0. The second-order valence-electron chi connectivity index (χ2n) is 5.45. The van der Waals surface area contributed by atoms with Crippen LogP contribution in [0, 0.1) is 0 Å². The number of hydrogen-bond donors (Lipinski definition) is 2. The lowest BCUT2D eigenvalue weighted by atomic mass is 10.2. The second-order valence-corrected chi connectivity index (χ2v) is 5.45. The Morgan fingerprint density at radius 1 is 1.26 bits per heavy atom. The van der Waals surface area contributed by atoms with Crippen molar-refractivity contribution in [2.75, 3.05) is 18.5 Å². The monoisotopic (exact) mass is 312 g/mol. The van der Waals surface area contributed by atoms with Crippen molar-refractivity contribution in [3.05, 3.63) is 54.1 Å². The van der Waals surface area contributed by atoms with Gasteiger partial charge in [0.1, 0.15) is 5.69 Å². The Morgan fingerprint density at radius 2 is 2.22 bits per heavy atom. The van der Waals surface area contributed by atoms with Gasteiger partial charge in [0, 0.05) is 19.3 Å². The van der Waals surface area contributed by atoms with Gasteiger partial charge in [0.2, 0.25) is 0 Å². The standard InChI is InChI=1S/C17H20N4O2/c22-17(21-12-15-5-3-9-23-15)16-7-6-14(11-20-16)19-10-13-4-1-2-8-18-13/h1-2,4,6-8,11,15,19H,3,5,9-10,12H2,(H,21,22). The minimum atomic E-state index is -0.170. The highest BCUT2D eigenvalue weighted by molar-refractivity contribution is 5.92. The van der Waals surface area contributed by atoms with Crippen molar-refractivity contribution in [3.8, 4) is 0 Å². The Bertz CT molecular complexity index is 625. The van der Waals surface area contributed by atoms with Gasteiger partial charge in [-0.1, -0.05) is 6.07 Å². The molecule has 1 aliphatic rings. The van der Waals surface area contributed by atoms with Gasteiger partial charge in [-0.05, 0) is 37.1 Å². The Hall–Kier alpha value is -2.47. The molecule has 0 spiro atoms. The van der Waals surface area contributed by atoms with Crippen molar-refractivity contribution in [1.82, 2.24) is 15.3 Å². The maximum atomic E-state index is 12.0. The summed E-state index contributed by atoms with van der Waals surface area (Å²) in [5.74, 6) is -0.170. The molecule has 1 fully saturated rings. The van der Waals surface area contributed by atoms with Crippen LogP contribution in [0.25, 0.3) is 0 Å². The van der Waals surface area contributed by atoms with Crippen molar-refractivity contribution in [1.29, 1.82) is 0 Å². The molecule has 2 aromatic heterocycles. The summed E-state index contributed by atoms with van der Waals surface area (Å²) < 4.78 is 5.48. The molecule has 1 aliphatic heterocycles. The van der Waals surface area contributed by atoms with Gasteiger partial charge in [-0.15, -0.1) is 0 Å². The topological polar surface area (TPSA) is 76.1 Å². The Kier molecular flexibility index (Phi) is 5.16. The lowest BCUT2D eigenvalue weighted by molar-refractivity contribution is 0.0854. The highest BCUT2D eigenvalue weighted by Crippen LogP contribution is 2.11. The van der Waals surface area contributed by atoms with E-state index in [1.165, 1.54) is 0 Å². The number of pyridine rings is 2. The van der Waals surface area contributed by atoms with Crippen LogP contribution < -0.4 is 10.6 Å². The SMILES string of the molecule is O=C(NCC1CCCO1)c1ccc(NCc2ccccn2)cn1. The molecule has 3 heterocycles. The lowest BCUT2D eigenvalue weighted by Gasteiger charge is -2.11. The fourth-order valence-electron chi connectivity index (χ4n) is 2.43. The van der Waals surface area contributed by atoms with Crippen LogP contribution in [0.15, 0.2) is 42.7 Å². The van der Waals surface area contributed by atoms with Gasteiger partial charge in [-0.2, -0.15) is 0 Å². The minimum Gasteiger partial charge on any atom is -0.378 e. The van der Waals surface area contributed by atoms with Crippen molar-refractivity contribution < 1.29 is 9.53 Å². The molecular formula is C17H20N4O2. The summed E-state index contributed by atoms with van der Waals surface area (Å²) >= 11 is 0. The average Bonchev–Trinajstić information content (AvgIpc) is 3.13. The van der Waals surface area contributed by atoms with E-state index in [0.717, 1.165) is 30.8 Å². The summed E-state index contributed by atoms with van der Waals surface area (Å²) in [7, 11) is 0. The second kappa shape index (κ2) is 7.69. The van der Waals surface area contributed by atoms with Crippen LogP contribution >= 0.6 is 0 Å². The summed E-state index contributed by atoms with van der Waals surface area (Å²) in [6.07, 6.45) is 5.62. The number of amides is 1. The number of ether oxygens (including phenoxy) is 1. The van der Waals surface area contributed by atoms with Crippen LogP contribution in [0.3, 0.4) is 0 Å². The number of aromatic nitrogens is 2. The van der Waals surface area contributed by atoms with Crippen LogP contribution in [0.4, 0.5) is 5.69 Å². The summed E-state index contributed by atoms with van der Waals surface area (Å²) in [5, 5.41) is 6.09.